The number of carbonyl (C=O) groups is 1. The van der Waals surface area contributed by atoms with Gasteiger partial charge in [0.1, 0.15) is 5.78 Å². The third-order valence-electron chi connectivity index (χ3n) is 4.79. The van der Waals surface area contributed by atoms with E-state index in [9.17, 15) is 4.79 Å². The maximum Gasteiger partial charge on any atom is 0.136 e. The van der Waals surface area contributed by atoms with Gasteiger partial charge < -0.3 is 4.74 Å². The number of hydrogen-bond acceptors (Lipinski definition) is 2. The molecule has 0 spiro atoms. The normalized spacial score (nSPS) is 24.4. The topological polar surface area (TPSA) is 26.3 Å². The van der Waals surface area contributed by atoms with Crippen LogP contribution in [0, 0.1) is 11.8 Å². The van der Waals surface area contributed by atoms with Crippen LogP contribution in [0.25, 0.3) is 0 Å². The highest BCUT2D eigenvalue weighted by molar-refractivity contribution is 5.81. The Morgan fingerprint density at radius 2 is 1.84 bits per heavy atom. The van der Waals surface area contributed by atoms with Crippen LogP contribution in [0.1, 0.15) is 78.6 Å². The Morgan fingerprint density at radius 3 is 2.37 bits per heavy atom. The van der Waals surface area contributed by atoms with Gasteiger partial charge in [-0.3, -0.25) is 4.79 Å². The largest absolute Gasteiger partial charge is 0.379 e. The second-order valence-electron chi connectivity index (χ2n) is 6.79. The molecule has 2 nitrogen and oxygen atoms in total. The van der Waals surface area contributed by atoms with Crippen molar-refractivity contribution in [2.45, 2.75) is 84.2 Å². The lowest BCUT2D eigenvalue weighted by molar-refractivity contribution is -0.125. The minimum atomic E-state index is -0.159. The Labute approximate surface area is 119 Å². The van der Waals surface area contributed by atoms with Gasteiger partial charge in [-0.15, -0.1) is 0 Å². The summed E-state index contributed by atoms with van der Waals surface area (Å²) in [5, 5.41) is 0. The highest BCUT2D eigenvalue weighted by Gasteiger charge is 2.27. The van der Waals surface area contributed by atoms with Crippen molar-refractivity contribution in [1.29, 1.82) is 0 Å². The van der Waals surface area contributed by atoms with Crippen molar-refractivity contribution in [1.82, 2.24) is 0 Å². The SMILES string of the molecule is CCCCC1CCC(C(=O)CCC(C)(C)OC)CC1. The second kappa shape index (κ2) is 8.04. The van der Waals surface area contributed by atoms with Crippen molar-refractivity contribution in [2.75, 3.05) is 7.11 Å². The zero-order valence-electron chi connectivity index (χ0n) is 13.3. The summed E-state index contributed by atoms with van der Waals surface area (Å²) in [6.45, 7) is 6.37. The molecule has 1 saturated carbocycles. The van der Waals surface area contributed by atoms with Gasteiger partial charge in [-0.1, -0.05) is 26.2 Å². The molecule has 19 heavy (non-hydrogen) atoms. The van der Waals surface area contributed by atoms with Crippen LogP contribution in [-0.2, 0) is 9.53 Å². The molecular weight excluding hydrogens is 236 g/mol. The van der Waals surface area contributed by atoms with Crippen LogP contribution in [0.15, 0.2) is 0 Å². The van der Waals surface area contributed by atoms with Crippen LogP contribution < -0.4 is 0 Å². The number of Topliss-reactive ketones (excluding diaryl/α,β-unsaturated/α-hetero) is 1. The van der Waals surface area contributed by atoms with Gasteiger partial charge in [0, 0.05) is 19.4 Å². The molecule has 2 heteroatoms. The van der Waals surface area contributed by atoms with E-state index in [2.05, 4.69) is 20.8 Å². The Kier molecular flexibility index (Phi) is 7.06. The van der Waals surface area contributed by atoms with Crippen molar-refractivity contribution in [2.24, 2.45) is 11.8 Å². The van der Waals surface area contributed by atoms with E-state index < -0.39 is 0 Å². The maximum absolute atomic E-state index is 12.2. The average Bonchev–Trinajstić information content (AvgIpc) is 2.43. The van der Waals surface area contributed by atoms with Gasteiger partial charge in [0.05, 0.1) is 5.60 Å². The number of ether oxygens (including phenoxy) is 1. The van der Waals surface area contributed by atoms with Crippen LogP contribution in [-0.4, -0.2) is 18.5 Å². The van der Waals surface area contributed by atoms with Gasteiger partial charge >= 0.3 is 0 Å². The van der Waals surface area contributed by atoms with Gasteiger partial charge in [0.15, 0.2) is 0 Å². The molecule has 0 aromatic heterocycles. The fourth-order valence-electron chi connectivity index (χ4n) is 3.00. The van der Waals surface area contributed by atoms with Crippen LogP contribution in [0.4, 0.5) is 0 Å². The number of carbonyl (C=O) groups excluding carboxylic acids is 1. The van der Waals surface area contributed by atoms with Crippen molar-refractivity contribution in [3.05, 3.63) is 0 Å². The average molecular weight is 268 g/mol. The van der Waals surface area contributed by atoms with Crippen molar-refractivity contribution in [3.8, 4) is 0 Å². The van der Waals surface area contributed by atoms with E-state index in [-0.39, 0.29) is 5.60 Å². The highest BCUT2D eigenvalue weighted by Crippen LogP contribution is 2.33. The molecule has 0 aromatic carbocycles. The van der Waals surface area contributed by atoms with Crippen LogP contribution in [0.2, 0.25) is 0 Å². The number of hydrogen-bond donors (Lipinski definition) is 0. The van der Waals surface area contributed by atoms with E-state index in [1.807, 2.05) is 0 Å². The predicted molar refractivity (Wildman–Crippen MR) is 80.3 cm³/mol. The summed E-state index contributed by atoms with van der Waals surface area (Å²) in [4.78, 5) is 12.2. The summed E-state index contributed by atoms with van der Waals surface area (Å²) in [6.07, 6.45) is 10.3. The monoisotopic (exact) mass is 268 g/mol. The molecule has 0 atom stereocenters. The quantitative estimate of drug-likeness (QED) is 0.634. The Bertz CT molecular complexity index is 262. The Balaban J connectivity index is 2.25. The fourth-order valence-corrected chi connectivity index (χ4v) is 3.00. The third kappa shape index (κ3) is 6.07. The third-order valence-corrected chi connectivity index (χ3v) is 4.79. The summed E-state index contributed by atoms with van der Waals surface area (Å²) >= 11 is 0. The molecule has 0 amide bonds. The number of ketones is 1. The zero-order valence-corrected chi connectivity index (χ0v) is 13.3. The van der Waals surface area contributed by atoms with Crippen molar-refractivity contribution in [3.63, 3.8) is 0 Å². The summed E-state index contributed by atoms with van der Waals surface area (Å²) in [5.74, 6) is 1.70. The lowest BCUT2D eigenvalue weighted by Gasteiger charge is -2.29. The molecule has 0 aromatic rings. The van der Waals surface area contributed by atoms with E-state index in [1.54, 1.807) is 7.11 Å². The van der Waals surface area contributed by atoms with Crippen molar-refractivity contribution >= 4 is 5.78 Å². The molecule has 1 aliphatic rings. The van der Waals surface area contributed by atoms with E-state index >= 15 is 0 Å². The van der Waals surface area contributed by atoms with E-state index in [1.165, 1.54) is 32.1 Å². The lowest BCUT2D eigenvalue weighted by atomic mass is 9.77. The first-order chi connectivity index (χ1) is 8.98. The first-order valence-electron chi connectivity index (χ1n) is 8.06. The molecule has 1 rings (SSSR count). The predicted octanol–water partition coefficient (Wildman–Crippen LogP) is 4.76. The van der Waals surface area contributed by atoms with Crippen LogP contribution >= 0.6 is 0 Å². The van der Waals surface area contributed by atoms with Gasteiger partial charge in [0.2, 0.25) is 0 Å². The molecule has 0 heterocycles. The van der Waals surface area contributed by atoms with Crippen molar-refractivity contribution < 1.29 is 9.53 Å². The van der Waals surface area contributed by atoms with Gasteiger partial charge in [-0.2, -0.15) is 0 Å². The van der Waals surface area contributed by atoms with E-state index in [0.29, 0.717) is 18.1 Å². The molecule has 112 valence electrons. The fraction of sp³-hybridized carbons (Fsp3) is 0.941. The molecule has 0 bridgehead atoms. The summed E-state index contributed by atoms with van der Waals surface area (Å²) in [7, 11) is 1.73. The van der Waals surface area contributed by atoms with Crippen LogP contribution in [0.3, 0.4) is 0 Å². The Morgan fingerprint density at radius 1 is 1.21 bits per heavy atom. The zero-order chi connectivity index (χ0) is 14.3. The second-order valence-corrected chi connectivity index (χ2v) is 6.79. The molecule has 0 saturated heterocycles. The van der Waals surface area contributed by atoms with E-state index in [0.717, 1.165) is 25.2 Å². The summed E-state index contributed by atoms with van der Waals surface area (Å²) < 4.78 is 5.38. The summed E-state index contributed by atoms with van der Waals surface area (Å²) in [5.41, 5.74) is -0.159. The minimum Gasteiger partial charge on any atom is -0.379 e. The van der Waals surface area contributed by atoms with Gasteiger partial charge in [-0.05, 0) is 51.9 Å². The molecule has 0 aliphatic heterocycles. The molecule has 0 radical (unpaired) electrons. The highest BCUT2D eigenvalue weighted by atomic mass is 16.5. The molecule has 0 N–H and O–H groups in total. The molecule has 1 fully saturated rings. The van der Waals surface area contributed by atoms with Gasteiger partial charge in [-0.25, -0.2) is 0 Å². The Hall–Kier alpha value is -0.370. The first kappa shape index (κ1) is 16.7. The lowest BCUT2D eigenvalue weighted by Crippen LogP contribution is -2.27. The molecule has 1 aliphatic carbocycles. The minimum absolute atomic E-state index is 0.159. The maximum atomic E-state index is 12.2. The standard InChI is InChI=1S/C17H32O2/c1-5-6-7-14-8-10-15(11-9-14)16(18)12-13-17(2,3)19-4/h14-15H,5-13H2,1-4H3. The van der Waals surface area contributed by atoms with Gasteiger partial charge in [0.25, 0.3) is 0 Å². The summed E-state index contributed by atoms with van der Waals surface area (Å²) in [6, 6.07) is 0. The van der Waals surface area contributed by atoms with E-state index in [4.69, 9.17) is 4.74 Å². The number of unbranched alkanes of at least 4 members (excludes halogenated alkanes) is 1. The molecular formula is C17H32O2. The van der Waals surface area contributed by atoms with Crippen LogP contribution in [0.5, 0.6) is 0 Å². The number of methoxy groups -OCH3 is 1. The number of rotatable bonds is 8. The smallest absolute Gasteiger partial charge is 0.136 e. The molecule has 0 unspecified atom stereocenters. The first-order valence-corrected chi connectivity index (χ1v) is 8.06.